The van der Waals surface area contributed by atoms with Gasteiger partial charge in [0, 0.05) is 6.08 Å². The quantitative estimate of drug-likeness (QED) is 0.112. The summed E-state index contributed by atoms with van der Waals surface area (Å²) in [5.41, 5.74) is 6.14. The van der Waals surface area contributed by atoms with Crippen LogP contribution in [0, 0.1) is 11.3 Å². The number of carbonyl (C=O) groups excluding carboxylic acids is 1. The zero-order valence-electron chi connectivity index (χ0n) is 21.4. The molecule has 0 bridgehead atoms. The van der Waals surface area contributed by atoms with E-state index in [-0.39, 0.29) is 5.97 Å². The van der Waals surface area contributed by atoms with Crippen LogP contribution in [0.2, 0.25) is 0 Å². The SMILES string of the molecule is N#Cc1ccc(-c2ccc(-c3ccc(OCCCCCCOC(=O)/C=C/c4ccccc4)cc3)cc2)cc1. The Kier molecular flexibility index (Phi) is 9.88. The highest BCUT2D eigenvalue weighted by atomic mass is 16.5. The van der Waals surface area contributed by atoms with Crippen LogP contribution in [0.3, 0.4) is 0 Å². The Morgan fingerprint density at radius 2 is 1.18 bits per heavy atom. The summed E-state index contributed by atoms with van der Waals surface area (Å²) in [4.78, 5) is 11.8. The molecule has 0 aliphatic rings. The van der Waals surface area contributed by atoms with Gasteiger partial charge in [-0.1, -0.05) is 78.9 Å². The first-order valence-electron chi connectivity index (χ1n) is 12.9. The molecule has 0 N–H and O–H groups in total. The van der Waals surface area contributed by atoms with Crippen molar-refractivity contribution in [2.24, 2.45) is 0 Å². The third-order valence-electron chi connectivity index (χ3n) is 6.18. The van der Waals surface area contributed by atoms with E-state index in [1.807, 2.05) is 66.7 Å². The number of hydrogen-bond donors (Lipinski definition) is 0. The van der Waals surface area contributed by atoms with Crippen molar-refractivity contribution in [3.8, 4) is 34.1 Å². The van der Waals surface area contributed by atoms with E-state index in [1.54, 1.807) is 6.08 Å². The van der Waals surface area contributed by atoms with E-state index in [0.717, 1.165) is 59.3 Å². The number of hydrogen-bond acceptors (Lipinski definition) is 4. The first kappa shape index (κ1) is 26.4. The highest BCUT2D eigenvalue weighted by Crippen LogP contribution is 2.26. The Morgan fingerprint density at radius 1 is 0.658 bits per heavy atom. The van der Waals surface area contributed by atoms with E-state index < -0.39 is 0 Å². The largest absolute Gasteiger partial charge is 0.494 e. The second-order valence-corrected chi connectivity index (χ2v) is 8.97. The van der Waals surface area contributed by atoms with Crippen LogP contribution in [-0.2, 0) is 9.53 Å². The molecule has 4 aromatic rings. The van der Waals surface area contributed by atoms with Gasteiger partial charge >= 0.3 is 5.97 Å². The number of nitrogens with zero attached hydrogens (tertiary/aromatic N) is 1. The molecule has 4 nitrogen and oxygen atoms in total. The summed E-state index contributed by atoms with van der Waals surface area (Å²) < 4.78 is 11.2. The topological polar surface area (TPSA) is 59.3 Å². The molecule has 4 rings (SSSR count). The van der Waals surface area contributed by atoms with Gasteiger partial charge in [-0.2, -0.15) is 5.26 Å². The standard InChI is InChI=1S/C34H31NO3/c35-26-28-10-13-29(14-11-28)30-15-17-31(18-16-30)32-19-21-33(22-20-32)37-24-6-1-2-7-25-38-34(36)23-12-27-8-4-3-5-9-27/h3-5,8-23H,1-2,6-7,24-25H2/b23-12+. The predicted octanol–water partition coefficient (Wildman–Crippen LogP) is 8.09. The molecule has 4 heteroatoms. The minimum atomic E-state index is -0.303. The van der Waals surface area contributed by atoms with Gasteiger partial charge in [-0.25, -0.2) is 4.79 Å². The molecule has 0 amide bonds. The average molecular weight is 502 g/mol. The van der Waals surface area contributed by atoms with Gasteiger partial charge in [-0.05, 0) is 83.8 Å². The van der Waals surface area contributed by atoms with Crippen LogP contribution in [0.25, 0.3) is 28.3 Å². The Hall–Kier alpha value is -4.62. The van der Waals surface area contributed by atoms with Crippen LogP contribution in [0.5, 0.6) is 5.75 Å². The Morgan fingerprint density at radius 3 is 1.76 bits per heavy atom. The normalized spacial score (nSPS) is 10.7. The van der Waals surface area contributed by atoms with E-state index in [0.29, 0.717) is 18.8 Å². The molecule has 0 fully saturated rings. The molecule has 190 valence electrons. The highest BCUT2D eigenvalue weighted by molar-refractivity contribution is 5.87. The lowest BCUT2D eigenvalue weighted by Crippen LogP contribution is -2.02. The molecule has 0 aliphatic heterocycles. The van der Waals surface area contributed by atoms with Crippen LogP contribution >= 0.6 is 0 Å². The Labute approximate surface area is 224 Å². The van der Waals surface area contributed by atoms with Crippen LogP contribution in [-0.4, -0.2) is 19.2 Å². The zero-order valence-corrected chi connectivity index (χ0v) is 21.4. The Bertz CT molecular complexity index is 1350. The molecule has 4 aromatic carbocycles. The maximum atomic E-state index is 11.8. The van der Waals surface area contributed by atoms with Gasteiger partial charge < -0.3 is 9.47 Å². The average Bonchev–Trinajstić information content (AvgIpc) is 2.98. The van der Waals surface area contributed by atoms with Crippen molar-refractivity contribution in [3.05, 3.63) is 120 Å². The van der Waals surface area contributed by atoms with E-state index in [4.69, 9.17) is 14.7 Å². The molecule has 0 unspecified atom stereocenters. The van der Waals surface area contributed by atoms with Crippen LogP contribution in [0.15, 0.2) is 109 Å². The lowest BCUT2D eigenvalue weighted by atomic mass is 10.00. The molecular formula is C34H31NO3. The molecule has 38 heavy (non-hydrogen) atoms. The summed E-state index contributed by atoms with van der Waals surface area (Å²) in [6.07, 6.45) is 7.07. The van der Waals surface area contributed by atoms with Gasteiger partial charge in [0.15, 0.2) is 0 Å². The molecule has 0 atom stereocenters. The molecule has 0 heterocycles. The summed E-state index contributed by atoms with van der Waals surface area (Å²) in [5, 5.41) is 8.96. The third kappa shape index (κ3) is 8.21. The van der Waals surface area contributed by atoms with E-state index in [1.165, 1.54) is 6.08 Å². The van der Waals surface area contributed by atoms with Crippen molar-refractivity contribution in [1.82, 2.24) is 0 Å². The molecular weight excluding hydrogens is 470 g/mol. The van der Waals surface area contributed by atoms with Gasteiger partial charge in [-0.15, -0.1) is 0 Å². The molecule has 0 saturated heterocycles. The summed E-state index contributed by atoms with van der Waals surface area (Å²) in [6.45, 7) is 1.10. The number of unbranched alkanes of at least 4 members (excludes halogenated alkanes) is 3. The number of rotatable bonds is 12. The first-order valence-corrected chi connectivity index (χ1v) is 12.9. The van der Waals surface area contributed by atoms with Gasteiger partial charge in [0.05, 0.1) is 24.8 Å². The first-order chi connectivity index (χ1) is 18.7. The van der Waals surface area contributed by atoms with E-state index in [2.05, 4.69) is 42.5 Å². The lowest BCUT2D eigenvalue weighted by Gasteiger charge is -2.08. The van der Waals surface area contributed by atoms with Crippen molar-refractivity contribution in [2.45, 2.75) is 25.7 Å². The summed E-state index contributed by atoms with van der Waals surface area (Å²) in [7, 11) is 0. The van der Waals surface area contributed by atoms with Crippen molar-refractivity contribution >= 4 is 12.0 Å². The minimum Gasteiger partial charge on any atom is -0.494 e. The fourth-order valence-corrected chi connectivity index (χ4v) is 4.03. The predicted molar refractivity (Wildman–Crippen MR) is 152 cm³/mol. The monoisotopic (exact) mass is 501 g/mol. The minimum absolute atomic E-state index is 0.303. The highest BCUT2D eigenvalue weighted by Gasteiger charge is 2.03. The number of nitriles is 1. The van der Waals surface area contributed by atoms with E-state index >= 15 is 0 Å². The van der Waals surface area contributed by atoms with Crippen molar-refractivity contribution in [1.29, 1.82) is 5.26 Å². The fraction of sp³-hybridized carbons (Fsp3) is 0.176. The number of benzene rings is 4. The number of carbonyl (C=O) groups is 1. The second kappa shape index (κ2) is 14.2. The van der Waals surface area contributed by atoms with Gasteiger partial charge in [0.25, 0.3) is 0 Å². The molecule has 0 spiro atoms. The molecule has 0 radical (unpaired) electrons. The van der Waals surface area contributed by atoms with Crippen LogP contribution in [0.1, 0.15) is 36.8 Å². The summed E-state index contributed by atoms with van der Waals surface area (Å²) in [5.74, 6) is 0.560. The van der Waals surface area contributed by atoms with Gasteiger partial charge in [-0.3, -0.25) is 0 Å². The molecule has 0 saturated carbocycles. The lowest BCUT2D eigenvalue weighted by molar-refractivity contribution is -0.137. The smallest absolute Gasteiger partial charge is 0.330 e. The second-order valence-electron chi connectivity index (χ2n) is 8.97. The van der Waals surface area contributed by atoms with Crippen molar-refractivity contribution in [2.75, 3.05) is 13.2 Å². The van der Waals surface area contributed by atoms with Crippen LogP contribution < -0.4 is 4.74 Å². The summed E-state index contributed by atoms with van der Waals surface area (Å²) >= 11 is 0. The zero-order chi connectivity index (χ0) is 26.4. The third-order valence-corrected chi connectivity index (χ3v) is 6.18. The van der Waals surface area contributed by atoms with Gasteiger partial charge in [0.2, 0.25) is 0 Å². The van der Waals surface area contributed by atoms with E-state index in [9.17, 15) is 4.79 Å². The van der Waals surface area contributed by atoms with Crippen molar-refractivity contribution in [3.63, 3.8) is 0 Å². The summed E-state index contributed by atoms with van der Waals surface area (Å²) in [6, 6.07) is 36.1. The van der Waals surface area contributed by atoms with Gasteiger partial charge in [0.1, 0.15) is 5.75 Å². The Balaban J connectivity index is 1.11. The maximum Gasteiger partial charge on any atom is 0.330 e. The van der Waals surface area contributed by atoms with Crippen molar-refractivity contribution < 1.29 is 14.3 Å². The number of esters is 1. The molecule has 0 aromatic heterocycles. The fourth-order valence-electron chi connectivity index (χ4n) is 4.03. The molecule has 0 aliphatic carbocycles. The number of ether oxygens (including phenoxy) is 2. The maximum absolute atomic E-state index is 11.8. The van der Waals surface area contributed by atoms with Crippen LogP contribution in [0.4, 0.5) is 0 Å².